The fraction of sp³-hybridized carbons (Fsp3) is 0.143. The molecule has 90 valence electrons. The van der Waals surface area contributed by atoms with Crippen molar-refractivity contribution >= 4 is 23.1 Å². The van der Waals surface area contributed by atoms with Crippen LogP contribution in [-0.2, 0) is 6.42 Å². The summed E-state index contributed by atoms with van der Waals surface area (Å²) in [7, 11) is 0. The Morgan fingerprint density at radius 1 is 1.17 bits per heavy atom. The molecule has 2 aromatic rings. The Bertz CT molecular complexity index is 622. The molecule has 2 N–H and O–H groups in total. The SMILES string of the molecule is CCc1ccc2c(c1)C(=O)Nc1cccnc1N2. The number of hydrogen-bond donors (Lipinski definition) is 2. The number of benzene rings is 1. The second-order valence-electron chi connectivity index (χ2n) is 4.21. The van der Waals surface area contributed by atoms with Crippen molar-refractivity contribution < 1.29 is 4.79 Å². The Kier molecular flexibility index (Phi) is 2.48. The molecule has 0 aliphatic carbocycles. The molecule has 18 heavy (non-hydrogen) atoms. The lowest BCUT2D eigenvalue weighted by Crippen LogP contribution is -2.11. The van der Waals surface area contributed by atoms with Gasteiger partial charge in [-0.15, -0.1) is 0 Å². The highest BCUT2D eigenvalue weighted by molar-refractivity contribution is 6.11. The predicted octanol–water partition coefficient (Wildman–Crippen LogP) is 2.95. The molecule has 4 nitrogen and oxygen atoms in total. The van der Waals surface area contributed by atoms with Crippen molar-refractivity contribution in [1.29, 1.82) is 0 Å². The first-order valence-electron chi connectivity index (χ1n) is 5.94. The first kappa shape index (κ1) is 10.8. The van der Waals surface area contributed by atoms with E-state index in [0.717, 1.165) is 17.7 Å². The van der Waals surface area contributed by atoms with E-state index >= 15 is 0 Å². The third-order valence-electron chi connectivity index (χ3n) is 3.05. The number of carbonyl (C=O) groups is 1. The molecule has 1 aromatic carbocycles. The van der Waals surface area contributed by atoms with E-state index in [9.17, 15) is 4.79 Å². The van der Waals surface area contributed by atoms with Crippen LogP contribution in [0.2, 0.25) is 0 Å². The second-order valence-corrected chi connectivity index (χ2v) is 4.21. The van der Waals surface area contributed by atoms with Gasteiger partial charge in [-0.25, -0.2) is 4.98 Å². The molecule has 0 radical (unpaired) electrons. The number of rotatable bonds is 1. The highest BCUT2D eigenvalue weighted by Crippen LogP contribution is 2.30. The molecule has 0 spiro atoms. The number of fused-ring (bicyclic) bond motifs is 2. The van der Waals surface area contributed by atoms with Gasteiger partial charge in [0, 0.05) is 6.20 Å². The molecule has 1 amide bonds. The lowest BCUT2D eigenvalue weighted by molar-refractivity contribution is 0.102. The van der Waals surface area contributed by atoms with Crippen molar-refractivity contribution in [2.45, 2.75) is 13.3 Å². The van der Waals surface area contributed by atoms with E-state index < -0.39 is 0 Å². The van der Waals surface area contributed by atoms with Gasteiger partial charge in [-0.3, -0.25) is 4.79 Å². The van der Waals surface area contributed by atoms with Gasteiger partial charge in [0.15, 0.2) is 5.82 Å². The van der Waals surface area contributed by atoms with Gasteiger partial charge in [0.1, 0.15) is 0 Å². The van der Waals surface area contributed by atoms with Crippen LogP contribution in [0.5, 0.6) is 0 Å². The average molecular weight is 239 g/mol. The van der Waals surface area contributed by atoms with Crippen molar-refractivity contribution in [1.82, 2.24) is 4.98 Å². The van der Waals surface area contributed by atoms with Gasteiger partial charge in [0.25, 0.3) is 5.91 Å². The zero-order valence-corrected chi connectivity index (χ0v) is 10.0. The summed E-state index contributed by atoms with van der Waals surface area (Å²) >= 11 is 0. The number of amides is 1. The molecule has 0 saturated carbocycles. The number of hydrogen-bond acceptors (Lipinski definition) is 3. The van der Waals surface area contributed by atoms with E-state index in [1.807, 2.05) is 24.3 Å². The quantitative estimate of drug-likeness (QED) is 0.804. The molecule has 0 unspecified atom stereocenters. The normalized spacial score (nSPS) is 12.8. The zero-order chi connectivity index (χ0) is 12.5. The number of anilines is 3. The fourth-order valence-electron chi connectivity index (χ4n) is 2.03. The summed E-state index contributed by atoms with van der Waals surface area (Å²) in [5, 5.41) is 6.06. The van der Waals surface area contributed by atoms with Crippen LogP contribution in [0.1, 0.15) is 22.8 Å². The summed E-state index contributed by atoms with van der Waals surface area (Å²) in [6.07, 6.45) is 2.61. The standard InChI is InChI=1S/C14H13N3O/c1-2-9-5-6-11-10(8-9)14(18)17-12-4-3-7-15-13(12)16-11/h3-8H,2H2,1H3,(H,15,16)(H,17,18). The van der Waals surface area contributed by atoms with Crippen LogP contribution in [0.4, 0.5) is 17.2 Å². The van der Waals surface area contributed by atoms with E-state index in [0.29, 0.717) is 17.1 Å². The lowest BCUT2D eigenvalue weighted by Gasteiger charge is -2.07. The molecule has 1 aromatic heterocycles. The van der Waals surface area contributed by atoms with Crippen LogP contribution < -0.4 is 10.6 Å². The first-order chi connectivity index (χ1) is 8.78. The van der Waals surface area contributed by atoms with Gasteiger partial charge in [-0.05, 0) is 36.2 Å². The smallest absolute Gasteiger partial charge is 0.257 e. The lowest BCUT2D eigenvalue weighted by atomic mass is 10.1. The number of aromatic nitrogens is 1. The summed E-state index contributed by atoms with van der Waals surface area (Å²) in [5.74, 6) is 0.577. The zero-order valence-electron chi connectivity index (χ0n) is 10.0. The summed E-state index contributed by atoms with van der Waals surface area (Å²) < 4.78 is 0. The van der Waals surface area contributed by atoms with Gasteiger partial charge in [-0.2, -0.15) is 0 Å². The highest BCUT2D eigenvalue weighted by Gasteiger charge is 2.19. The molecule has 1 aliphatic heterocycles. The maximum atomic E-state index is 12.2. The van der Waals surface area contributed by atoms with E-state index in [4.69, 9.17) is 0 Å². The maximum Gasteiger partial charge on any atom is 0.257 e. The average Bonchev–Trinajstić information content (AvgIpc) is 2.54. The molecule has 0 bridgehead atoms. The van der Waals surface area contributed by atoms with Crippen LogP contribution >= 0.6 is 0 Å². The first-order valence-corrected chi connectivity index (χ1v) is 5.94. The van der Waals surface area contributed by atoms with Crippen molar-refractivity contribution in [3.63, 3.8) is 0 Å². The monoisotopic (exact) mass is 239 g/mol. The fourth-order valence-corrected chi connectivity index (χ4v) is 2.03. The summed E-state index contributed by atoms with van der Waals surface area (Å²) in [4.78, 5) is 16.4. The number of nitrogens with zero attached hydrogens (tertiary/aromatic N) is 1. The number of aryl methyl sites for hydroxylation is 1. The Labute approximate surface area is 105 Å². The molecular weight excluding hydrogens is 226 g/mol. The van der Waals surface area contributed by atoms with E-state index in [-0.39, 0.29) is 5.91 Å². The molecule has 0 atom stereocenters. The van der Waals surface area contributed by atoms with Crippen LogP contribution in [-0.4, -0.2) is 10.9 Å². The van der Waals surface area contributed by atoms with Crippen molar-refractivity contribution in [2.75, 3.05) is 10.6 Å². The third kappa shape index (κ3) is 1.72. The number of pyridine rings is 1. The summed E-state index contributed by atoms with van der Waals surface area (Å²) in [5.41, 5.74) is 3.30. The van der Waals surface area contributed by atoms with Gasteiger partial charge >= 0.3 is 0 Å². The summed E-state index contributed by atoms with van der Waals surface area (Å²) in [6.45, 7) is 2.07. The van der Waals surface area contributed by atoms with E-state index in [1.54, 1.807) is 12.3 Å². The van der Waals surface area contributed by atoms with Gasteiger partial charge < -0.3 is 10.6 Å². The van der Waals surface area contributed by atoms with E-state index in [2.05, 4.69) is 22.5 Å². The third-order valence-corrected chi connectivity index (χ3v) is 3.05. The molecule has 1 aliphatic rings. The van der Waals surface area contributed by atoms with Crippen LogP contribution in [0.3, 0.4) is 0 Å². The largest absolute Gasteiger partial charge is 0.338 e. The van der Waals surface area contributed by atoms with E-state index in [1.165, 1.54) is 0 Å². The maximum absolute atomic E-state index is 12.2. The molecule has 4 heteroatoms. The Morgan fingerprint density at radius 2 is 2.06 bits per heavy atom. The van der Waals surface area contributed by atoms with Crippen molar-refractivity contribution in [3.8, 4) is 0 Å². The van der Waals surface area contributed by atoms with Gasteiger partial charge in [-0.1, -0.05) is 13.0 Å². The van der Waals surface area contributed by atoms with Crippen LogP contribution in [0.15, 0.2) is 36.5 Å². The minimum atomic E-state index is -0.0976. The Morgan fingerprint density at radius 3 is 2.89 bits per heavy atom. The van der Waals surface area contributed by atoms with Crippen molar-refractivity contribution in [2.24, 2.45) is 0 Å². The molecule has 0 saturated heterocycles. The summed E-state index contributed by atoms with van der Waals surface area (Å²) in [6, 6.07) is 9.50. The number of carbonyl (C=O) groups excluding carboxylic acids is 1. The molecular formula is C14H13N3O. The van der Waals surface area contributed by atoms with Gasteiger partial charge in [0.05, 0.1) is 16.9 Å². The minimum absolute atomic E-state index is 0.0976. The number of nitrogens with one attached hydrogen (secondary N) is 2. The minimum Gasteiger partial charge on any atom is -0.338 e. The molecule has 2 heterocycles. The Balaban J connectivity index is 2.13. The van der Waals surface area contributed by atoms with Crippen LogP contribution in [0.25, 0.3) is 0 Å². The van der Waals surface area contributed by atoms with Gasteiger partial charge in [0.2, 0.25) is 0 Å². The van der Waals surface area contributed by atoms with Crippen molar-refractivity contribution in [3.05, 3.63) is 47.7 Å². The molecule has 0 fully saturated rings. The topological polar surface area (TPSA) is 54.0 Å². The highest BCUT2D eigenvalue weighted by atomic mass is 16.1. The Hall–Kier alpha value is -2.36. The van der Waals surface area contributed by atoms with Crippen LogP contribution in [0, 0.1) is 0 Å². The predicted molar refractivity (Wildman–Crippen MR) is 71.3 cm³/mol. The molecule has 3 rings (SSSR count). The second kappa shape index (κ2) is 4.14.